The number of nitrogens with zero attached hydrogens (tertiary/aromatic N) is 3. The Morgan fingerprint density at radius 2 is 2.47 bits per heavy atom. The van der Waals surface area contributed by atoms with E-state index in [1.807, 2.05) is 0 Å². The molecule has 2 aliphatic heterocycles. The standard InChI is InChI=1S/C13H22N4/c1-2-16-7-3-4-12(10-16)17-13-9-14-6-5-11(13)8-15-17/h8,12,14H,2-7,9-10H2,1H3. The van der Waals surface area contributed by atoms with Crippen molar-refractivity contribution >= 4 is 0 Å². The molecule has 0 bridgehead atoms. The van der Waals surface area contributed by atoms with Gasteiger partial charge in [-0.05, 0) is 44.5 Å². The molecule has 1 N–H and O–H groups in total. The molecule has 0 aromatic carbocycles. The number of piperidine rings is 1. The van der Waals surface area contributed by atoms with Crippen LogP contribution in [-0.4, -0.2) is 40.9 Å². The Morgan fingerprint density at radius 3 is 3.35 bits per heavy atom. The Labute approximate surface area is 103 Å². The highest BCUT2D eigenvalue weighted by Gasteiger charge is 2.24. The van der Waals surface area contributed by atoms with E-state index in [9.17, 15) is 0 Å². The second-order valence-corrected chi connectivity index (χ2v) is 5.18. The van der Waals surface area contributed by atoms with Gasteiger partial charge in [-0.2, -0.15) is 5.10 Å². The molecule has 1 aromatic rings. The number of fused-ring (bicyclic) bond motifs is 1. The van der Waals surface area contributed by atoms with Crippen molar-refractivity contribution in [3.8, 4) is 0 Å². The van der Waals surface area contributed by atoms with Crippen molar-refractivity contribution < 1.29 is 0 Å². The van der Waals surface area contributed by atoms with Crippen molar-refractivity contribution in [3.63, 3.8) is 0 Å². The molecule has 3 rings (SSSR count). The minimum atomic E-state index is 0.590. The van der Waals surface area contributed by atoms with E-state index in [4.69, 9.17) is 0 Å². The molecule has 0 spiro atoms. The second-order valence-electron chi connectivity index (χ2n) is 5.18. The average molecular weight is 234 g/mol. The zero-order chi connectivity index (χ0) is 11.7. The van der Waals surface area contributed by atoms with Crippen LogP contribution in [0.3, 0.4) is 0 Å². The summed E-state index contributed by atoms with van der Waals surface area (Å²) in [4.78, 5) is 2.54. The van der Waals surface area contributed by atoms with Gasteiger partial charge in [0.1, 0.15) is 0 Å². The summed E-state index contributed by atoms with van der Waals surface area (Å²) < 4.78 is 2.29. The summed E-state index contributed by atoms with van der Waals surface area (Å²) in [5.74, 6) is 0. The van der Waals surface area contributed by atoms with Gasteiger partial charge >= 0.3 is 0 Å². The predicted octanol–water partition coefficient (Wildman–Crippen LogP) is 1.19. The quantitative estimate of drug-likeness (QED) is 0.834. The fourth-order valence-electron chi connectivity index (χ4n) is 3.09. The molecule has 0 saturated carbocycles. The molecular weight excluding hydrogens is 212 g/mol. The van der Waals surface area contributed by atoms with Gasteiger partial charge in [-0.15, -0.1) is 0 Å². The summed E-state index contributed by atoms with van der Waals surface area (Å²) in [5, 5.41) is 8.10. The van der Waals surface area contributed by atoms with Crippen molar-refractivity contribution in [2.45, 2.75) is 38.8 Å². The van der Waals surface area contributed by atoms with Crippen LogP contribution < -0.4 is 5.32 Å². The normalized spacial score (nSPS) is 25.8. The molecule has 1 unspecified atom stereocenters. The maximum absolute atomic E-state index is 4.64. The molecule has 1 saturated heterocycles. The SMILES string of the molecule is CCN1CCCC(n2ncc3c2CNCC3)C1. The van der Waals surface area contributed by atoms with Gasteiger partial charge in [0.2, 0.25) is 0 Å². The summed E-state index contributed by atoms with van der Waals surface area (Å²) in [7, 11) is 0. The molecule has 0 amide bonds. The summed E-state index contributed by atoms with van der Waals surface area (Å²) in [6.07, 6.45) is 5.81. The predicted molar refractivity (Wildman–Crippen MR) is 68.0 cm³/mol. The fraction of sp³-hybridized carbons (Fsp3) is 0.769. The summed E-state index contributed by atoms with van der Waals surface area (Å²) in [6, 6.07) is 0.590. The van der Waals surface area contributed by atoms with Gasteiger partial charge in [0, 0.05) is 13.1 Å². The molecule has 17 heavy (non-hydrogen) atoms. The molecule has 0 radical (unpaired) electrons. The van der Waals surface area contributed by atoms with Gasteiger partial charge in [0.15, 0.2) is 0 Å². The van der Waals surface area contributed by atoms with E-state index in [0.29, 0.717) is 6.04 Å². The maximum Gasteiger partial charge on any atom is 0.0650 e. The first-order valence-corrected chi connectivity index (χ1v) is 6.87. The lowest BCUT2D eigenvalue weighted by Gasteiger charge is -2.33. The van der Waals surface area contributed by atoms with Crippen LogP contribution in [0.25, 0.3) is 0 Å². The lowest BCUT2D eigenvalue weighted by molar-refractivity contribution is 0.174. The Kier molecular flexibility index (Phi) is 3.16. The highest BCUT2D eigenvalue weighted by Crippen LogP contribution is 2.24. The Balaban J connectivity index is 1.81. The number of likely N-dealkylation sites (N-methyl/N-ethyl adjacent to an activating group) is 1. The van der Waals surface area contributed by atoms with Crippen molar-refractivity contribution in [1.29, 1.82) is 0 Å². The van der Waals surface area contributed by atoms with Crippen LogP contribution in [0.5, 0.6) is 0 Å². The van der Waals surface area contributed by atoms with Crippen molar-refractivity contribution in [3.05, 3.63) is 17.5 Å². The van der Waals surface area contributed by atoms with Crippen LogP contribution in [0.15, 0.2) is 6.20 Å². The Hall–Kier alpha value is -0.870. The minimum Gasteiger partial charge on any atom is -0.311 e. The number of rotatable bonds is 2. The molecule has 94 valence electrons. The highest BCUT2D eigenvalue weighted by atomic mass is 15.3. The van der Waals surface area contributed by atoms with Crippen LogP contribution in [0.4, 0.5) is 0 Å². The molecule has 0 aliphatic carbocycles. The van der Waals surface area contributed by atoms with Crippen LogP contribution in [-0.2, 0) is 13.0 Å². The third-order valence-electron chi connectivity index (χ3n) is 4.12. The van der Waals surface area contributed by atoms with E-state index in [-0.39, 0.29) is 0 Å². The van der Waals surface area contributed by atoms with Crippen molar-refractivity contribution in [2.75, 3.05) is 26.2 Å². The van der Waals surface area contributed by atoms with Gasteiger partial charge in [0.25, 0.3) is 0 Å². The first-order chi connectivity index (χ1) is 8.38. The van der Waals surface area contributed by atoms with Gasteiger partial charge < -0.3 is 10.2 Å². The molecule has 3 heterocycles. The van der Waals surface area contributed by atoms with Crippen LogP contribution >= 0.6 is 0 Å². The Morgan fingerprint density at radius 1 is 1.53 bits per heavy atom. The second kappa shape index (κ2) is 4.78. The number of hydrogen-bond donors (Lipinski definition) is 1. The van der Waals surface area contributed by atoms with E-state index in [2.05, 4.69) is 33.1 Å². The monoisotopic (exact) mass is 234 g/mol. The number of nitrogens with one attached hydrogen (secondary N) is 1. The topological polar surface area (TPSA) is 33.1 Å². The Bertz CT molecular complexity index is 385. The third-order valence-corrected chi connectivity index (χ3v) is 4.12. The van der Waals surface area contributed by atoms with Gasteiger partial charge in [-0.3, -0.25) is 4.68 Å². The summed E-state index contributed by atoms with van der Waals surface area (Å²) in [6.45, 7) is 7.95. The molecular formula is C13H22N4. The number of likely N-dealkylation sites (tertiary alicyclic amines) is 1. The first kappa shape index (κ1) is 11.2. The molecule has 4 heteroatoms. The van der Waals surface area contributed by atoms with Gasteiger partial charge in [-0.1, -0.05) is 6.92 Å². The average Bonchev–Trinajstić information content (AvgIpc) is 2.82. The van der Waals surface area contributed by atoms with E-state index >= 15 is 0 Å². The van der Waals surface area contributed by atoms with Crippen LogP contribution in [0.2, 0.25) is 0 Å². The smallest absolute Gasteiger partial charge is 0.0650 e. The van der Waals surface area contributed by atoms with E-state index < -0.39 is 0 Å². The molecule has 4 nitrogen and oxygen atoms in total. The first-order valence-electron chi connectivity index (χ1n) is 6.87. The van der Waals surface area contributed by atoms with Crippen LogP contribution in [0.1, 0.15) is 37.1 Å². The fourth-order valence-corrected chi connectivity index (χ4v) is 3.09. The van der Waals surface area contributed by atoms with Crippen LogP contribution in [0, 0.1) is 0 Å². The zero-order valence-electron chi connectivity index (χ0n) is 10.7. The molecule has 1 fully saturated rings. The van der Waals surface area contributed by atoms with E-state index in [1.165, 1.54) is 37.2 Å². The largest absolute Gasteiger partial charge is 0.311 e. The lowest BCUT2D eigenvalue weighted by atomic mass is 10.0. The minimum absolute atomic E-state index is 0.590. The number of aromatic nitrogens is 2. The summed E-state index contributed by atoms with van der Waals surface area (Å²) in [5.41, 5.74) is 2.89. The van der Waals surface area contributed by atoms with E-state index in [1.54, 1.807) is 0 Å². The lowest BCUT2D eigenvalue weighted by Crippen LogP contribution is -2.38. The molecule has 1 aromatic heterocycles. The third kappa shape index (κ3) is 2.11. The molecule has 2 aliphatic rings. The maximum atomic E-state index is 4.64. The molecule has 1 atom stereocenters. The highest BCUT2D eigenvalue weighted by molar-refractivity contribution is 5.21. The van der Waals surface area contributed by atoms with E-state index in [0.717, 1.165) is 26.1 Å². The summed E-state index contributed by atoms with van der Waals surface area (Å²) >= 11 is 0. The van der Waals surface area contributed by atoms with Gasteiger partial charge in [-0.25, -0.2) is 0 Å². The van der Waals surface area contributed by atoms with Crippen molar-refractivity contribution in [1.82, 2.24) is 20.0 Å². The van der Waals surface area contributed by atoms with Gasteiger partial charge in [0.05, 0.1) is 17.9 Å². The zero-order valence-corrected chi connectivity index (χ0v) is 10.7. The van der Waals surface area contributed by atoms with Crippen molar-refractivity contribution in [2.24, 2.45) is 0 Å². The number of hydrogen-bond acceptors (Lipinski definition) is 3.